The SMILES string of the molecule is C=C(N)NC.CC.CC(C)(O)c1ncc(S(N)=O)s1. The minimum absolute atomic E-state index is 0.479. The molecular weight excluding hydrogens is 284 g/mol. The largest absolute Gasteiger partial charge is 0.386 e. The third-order valence-electron chi connectivity index (χ3n) is 1.53. The van der Waals surface area contributed by atoms with Crippen molar-refractivity contribution in [2.45, 2.75) is 37.5 Å². The first kappa shape index (κ1) is 20.4. The van der Waals surface area contributed by atoms with Gasteiger partial charge in [-0.15, -0.1) is 11.3 Å². The molecule has 6 N–H and O–H groups in total. The van der Waals surface area contributed by atoms with Crippen molar-refractivity contribution >= 4 is 22.3 Å². The van der Waals surface area contributed by atoms with Crippen LogP contribution in [-0.2, 0) is 16.6 Å². The van der Waals surface area contributed by atoms with Gasteiger partial charge in [-0.3, -0.25) is 0 Å². The first-order chi connectivity index (χ1) is 8.68. The molecule has 1 aromatic rings. The van der Waals surface area contributed by atoms with E-state index in [-0.39, 0.29) is 0 Å². The van der Waals surface area contributed by atoms with Gasteiger partial charge in [0.05, 0.1) is 12.0 Å². The molecule has 0 spiro atoms. The lowest BCUT2D eigenvalue weighted by Gasteiger charge is -2.11. The fraction of sp³-hybridized carbons (Fsp3) is 0.545. The molecule has 0 aliphatic carbocycles. The van der Waals surface area contributed by atoms with Crippen molar-refractivity contribution in [3.05, 3.63) is 23.6 Å². The Morgan fingerprint density at radius 2 is 2.00 bits per heavy atom. The van der Waals surface area contributed by atoms with Crippen LogP contribution in [0.15, 0.2) is 22.8 Å². The van der Waals surface area contributed by atoms with Gasteiger partial charge in [-0.1, -0.05) is 20.4 Å². The molecule has 0 radical (unpaired) electrons. The number of aliphatic hydroxyl groups is 1. The smallest absolute Gasteiger partial charge is 0.134 e. The number of nitrogens with zero attached hydrogens (tertiary/aromatic N) is 1. The van der Waals surface area contributed by atoms with Gasteiger partial charge < -0.3 is 16.2 Å². The summed E-state index contributed by atoms with van der Waals surface area (Å²) >= 11 is 1.16. The van der Waals surface area contributed by atoms with Crippen molar-refractivity contribution in [3.8, 4) is 0 Å². The van der Waals surface area contributed by atoms with Crippen molar-refractivity contribution < 1.29 is 9.32 Å². The van der Waals surface area contributed by atoms with Gasteiger partial charge in [-0.05, 0) is 13.8 Å². The second-order valence-corrected chi connectivity index (χ2v) is 5.94. The van der Waals surface area contributed by atoms with E-state index in [0.717, 1.165) is 11.3 Å². The Bertz CT molecular complexity index is 400. The molecule has 1 unspecified atom stereocenters. The molecule has 0 aliphatic rings. The van der Waals surface area contributed by atoms with E-state index in [0.29, 0.717) is 15.0 Å². The maximum absolute atomic E-state index is 10.8. The predicted octanol–water partition coefficient (Wildman–Crippen LogP) is 1.01. The minimum Gasteiger partial charge on any atom is -0.386 e. The fourth-order valence-corrected chi connectivity index (χ4v) is 2.01. The molecule has 1 aromatic heterocycles. The van der Waals surface area contributed by atoms with E-state index in [9.17, 15) is 9.32 Å². The van der Waals surface area contributed by atoms with Crippen molar-refractivity contribution in [1.29, 1.82) is 0 Å². The molecule has 8 heteroatoms. The molecule has 0 fully saturated rings. The Morgan fingerprint density at radius 3 is 2.16 bits per heavy atom. The van der Waals surface area contributed by atoms with Crippen molar-refractivity contribution in [2.24, 2.45) is 10.9 Å². The Labute approximate surface area is 121 Å². The van der Waals surface area contributed by atoms with E-state index in [1.807, 2.05) is 13.8 Å². The van der Waals surface area contributed by atoms with Crippen LogP contribution in [0.2, 0.25) is 0 Å². The number of thiazole rings is 1. The van der Waals surface area contributed by atoms with Crippen LogP contribution in [0.5, 0.6) is 0 Å². The predicted molar refractivity (Wildman–Crippen MR) is 81.7 cm³/mol. The maximum atomic E-state index is 10.8. The zero-order chi connectivity index (χ0) is 15.6. The molecule has 1 heterocycles. The third kappa shape index (κ3) is 9.60. The number of hydrogen-bond donors (Lipinski definition) is 4. The summed E-state index contributed by atoms with van der Waals surface area (Å²) in [5.74, 6) is 0.505. The normalized spacial score (nSPS) is 11.3. The summed E-state index contributed by atoms with van der Waals surface area (Å²) in [5.41, 5.74) is 4.00. The van der Waals surface area contributed by atoms with Crippen LogP contribution in [0, 0.1) is 0 Å². The summed E-state index contributed by atoms with van der Waals surface area (Å²) < 4.78 is 11.2. The molecule has 1 rings (SSSR count). The molecule has 0 saturated heterocycles. The third-order valence-corrected chi connectivity index (χ3v) is 3.88. The highest BCUT2D eigenvalue weighted by Gasteiger charge is 2.20. The Balaban J connectivity index is 0. The van der Waals surface area contributed by atoms with Gasteiger partial charge in [0.2, 0.25) is 0 Å². The first-order valence-electron chi connectivity index (χ1n) is 5.65. The van der Waals surface area contributed by atoms with E-state index in [2.05, 4.69) is 16.9 Å². The van der Waals surface area contributed by atoms with Crippen LogP contribution >= 0.6 is 11.3 Å². The van der Waals surface area contributed by atoms with E-state index < -0.39 is 16.6 Å². The van der Waals surface area contributed by atoms with Crippen LogP contribution in [0.3, 0.4) is 0 Å². The molecule has 0 amide bonds. The summed E-state index contributed by atoms with van der Waals surface area (Å²) in [7, 11) is 0.227. The summed E-state index contributed by atoms with van der Waals surface area (Å²) in [6, 6.07) is 0. The molecule has 0 bridgehead atoms. The average molecular weight is 308 g/mol. The topological polar surface area (TPSA) is 114 Å². The molecule has 0 aliphatic heterocycles. The second kappa shape index (κ2) is 9.90. The fourth-order valence-electron chi connectivity index (χ4n) is 0.635. The van der Waals surface area contributed by atoms with Crippen molar-refractivity contribution in [3.63, 3.8) is 0 Å². The Kier molecular flexibility index (Phi) is 10.6. The number of nitrogens with one attached hydrogen (secondary N) is 1. The summed E-state index contributed by atoms with van der Waals surface area (Å²) in [5, 5.41) is 17.8. The van der Waals surface area contributed by atoms with Gasteiger partial charge >= 0.3 is 0 Å². The summed E-state index contributed by atoms with van der Waals surface area (Å²) in [6.45, 7) is 10.6. The molecule has 6 nitrogen and oxygen atoms in total. The summed E-state index contributed by atoms with van der Waals surface area (Å²) in [6.07, 6.45) is 1.42. The highest BCUT2D eigenvalue weighted by molar-refractivity contribution is 7.85. The van der Waals surface area contributed by atoms with Crippen molar-refractivity contribution in [2.75, 3.05) is 7.05 Å². The van der Waals surface area contributed by atoms with Crippen LogP contribution < -0.4 is 16.2 Å². The number of rotatable bonds is 3. The molecule has 0 aromatic carbocycles. The lowest BCUT2D eigenvalue weighted by atomic mass is 10.2. The highest BCUT2D eigenvalue weighted by Crippen LogP contribution is 2.25. The molecule has 1 atom stereocenters. The van der Waals surface area contributed by atoms with E-state index in [4.69, 9.17) is 10.9 Å². The second-order valence-electron chi connectivity index (χ2n) is 3.62. The average Bonchev–Trinajstić information content (AvgIpc) is 2.81. The van der Waals surface area contributed by atoms with Gasteiger partial charge in [-0.25, -0.2) is 14.3 Å². The van der Waals surface area contributed by atoms with Crippen molar-refractivity contribution in [1.82, 2.24) is 10.3 Å². The lowest BCUT2D eigenvalue weighted by Crippen LogP contribution is -2.14. The van der Waals surface area contributed by atoms with Crippen LogP contribution in [0.4, 0.5) is 0 Å². The Hall–Kier alpha value is -0.960. The van der Waals surface area contributed by atoms with Gasteiger partial charge in [0.15, 0.2) is 0 Å². The van der Waals surface area contributed by atoms with Gasteiger partial charge in [0, 0.05) is 7.05 Å². The lowest BCUT2D eigenvalue weighted by molar-refractivity contribution is 0.0783. The first-order valence-corrected chi connectivity index (χ1v) is 7.68. The maximum Gasteiger partial charge on any atom is 0.134 e. The zero-order valence-electron chi connectivity index (χ0n) is 12.1. The molecule has 0 saturated carbocycles. The van der Waals surface area contributed by atoms with Gasteiger partial charge in [0.25, 0.3) is 0 Å². The number of nitrogens with two attached hydrogens (primary N) is 2. The Morgan fingerprint density at radius 1 is 1.58 bits per heavy atom. The minimum atomic E-state index is -1.50. The van der Waals surface area contributed by atoms with Gasteiger partial charge in [0.1, 0.15) is 25.8 Å². The monoisotopic (exact) mass is 308 g/mol. The summed E-state index contributed by atoms with van der Waals surface area (Å²) in [4.78, 5) is 3.90. The standard InChI is InChI=1S/C6H10N2O2S2.C3H8N2.C2H6/c1-6(2,9)5-8-3-4(11-5)12(7)10;1-3(4)5-2;1-2/h3,9H,7H2,1-2H3;5H,1,4H2,2H3;1-2H3. The number of aromatic nitrogens is 1. The zero-order valence-corrected chi connectivity index (χ0v) is 13.7. The quantitative estimate of drug-likeness (QED) is 0.665. The highest BCUT2D eigenvalue weighted by atomic mass is 32.2. The van der Waals surface area contributed by atoms with Crippen LogP contribution in [0.1, 0.15) is 32.7 Å². The molecule has 19 heavy (non-hydrogen) atoms. The number of hydrogen-bond acceptors (Lipinski definition) is 6. The molecule has 112 valence electrons. The van der Waals surface area contributed by atoms with Gasteiger partial charge in [-0.2, -0.15) is 0 Å². The van der Waals surface area contributed by atoms with E-state index in [1.54, 1.807) is 20.9 Å². The molecular formula is C11H24N4O2S2. The van der Waals surface area contributed by atoms with E-state index in [1.165, 1.54) is 6.20 Å². The van der Waals surface area contributed by atoms with Crippen LogP contribution in [0.25, 0.3) is 0 Å². The van der Waals surface area contributed by atoms with E-state index >= 15 is 0 Å². The van der Waals surface area contributed by atoms with Crippen LogP contribution in [-0.4, -0.2) is 21.3 Å².